The molecule has 0 saturated carbocycles. The minimum atomic E-state index is 0.999. The third-order valence-corrected chi connectivity index (χ3v) is 10.7. The minimum Gasteiger partial charge on any atom is -0.309 e. The lowest BCUT2D eigenvalue weighted by Crippen LogP contribution is -1.99. The van der Waals surface area contributed by atoms with Crippen molar-refractivity contribution in [3.8, 4) is 5.69 Å². The van der Waals surface area contributed by atoms with Crippen LogP contribution in [0.25, 0.3) is 49.4 Å². The molecule has 53 heavy (non-hydrogen) atoms. The first-order valence-electron chi connectivity index (χ1n) is 18.9. The van der Waals surface area contributed by atoms with Gasteiger partial charge in [-0.15, -0.1) is 0 Å². The molecule has 1 aliphatic rings. The van der Waals surface area contributed by atoms with Gasteiger partial charge in [-0.2, -0.15) is 0 Å². The zero-order valence-corrected chi connectivity index (χ0v) is 31.6. The van der Waals surface area contributed by atoms with Gasteiger partial charge in [0.25, 0.3) is 0 Å². The van der Waals surface area contributed by atoms with Gasteiger partial charge in [0, 0.05) is 16.5 Å². The monoisotopic (exact) mass is 687 g/mol. The van der Waals surface area contributed by atoms with Gasteiger partial charge in [-0.3, -0.25) is 0 Å². The van der Waals surface area contributed by atoms with Crippen LogP contribution in [0.5, 0.6) is 0 Å². The highest BCUT2D eigenvalue weighted by Crippen LogP contribution is 2.39. The Labute approximate surface area is 315 Å². The number of benzene rings is 6. The van der Waals surface area contributed by atoms with E-state index in [2.05, 4.69) is 191 Å². The zero-order valence-electron chi connectivity index (χ0n) is 31.6. The predicted molar refractivity (Wildman–Crippen MR) is 232 cm³/mol. The summed E-state index contributed by atoms with van der Waals surface area (Å²) in [6.07, 6.45) is 14.8. The van der Waals surface area contributed by atoms with Crippen molar-refractivity contribution >= 4 is 43.7 Å². The maximum absolute atomic E-state index is 3.82. The summed E-state index contributed by atoms with van der Waals surface area (Å²) in [4.78, 5) is 0. The molecule has 8 rings (SSSR count). The van der Waals surface area contributed by atoms with E-state index in [4.69, 9.17) is 0 Å². The second-order valence-electron chi connectivity index (χ2n) is 14.2. The molecular weight excluding hydrogens is 639 g/mol. The molecule has 0 aliphatic heterocycles. The molecule has 0 spiro atoms. The van der Waals surface area contributed by atoms with Crippen LogP contribution in [0.3, 0.4) is 0 Å². The van der Waals surface area contributed by atoms with E-state index in [1.165, 1.54) is 88.4 Å². The van der Waals surface area contributed by atoms with Crippen LogP contribution in [0, 0.1) is 13.8 Å². The normalized spacial score (nSPS) is 13.4. The largest absolute Gasteiger partial charge is 0.309 e. The van der Waals surface area contributed by atoms with Crippen LogP contribution in [0.1, 0.15) is 60.9 Å². The zero-order chi connectivity index (χ0) is 36.7. The summed E-state index contributed by atoms with van der Waals surface area (Å²) >= 11 is 0. The van der Waals surface area contributed by atoms with Crippen LogP contribution >= 0.6 is 0 Å². The maximum Gasteiger partial charge on any atom is 0.0543 e. The number of hydrogen-bond donors (Lipinski definition) is 0. The highest BCUT2D eigenvalue weighted by molar-refractivity contribution is 6.10. The molecular formula is C52H49N. The van der Waals surface area contributed by atoms with Crippen molar-refractivity contribution in [1.82, 2.24) is 4.57 Å². The molecule has 262 valence electrons. The number of para-hydroxylation sites is 1. The molecule has 1 heteroatoms. The fraction of sp³-hybridized carbons (Fsp3) is 0.154. The molecule has 0 N–H and O–H groups in total. The van der Waals surface area contributed by atoms with Gasteiger partial charge in [0.1, 0.15) is 0 Å². The van der Waals surface area contributed by atoms with Crippen LogP contribution in [-0.2, 0) is 6.42 Å². The van der Waals surface area contributed by atoms with E-state index in [0.29, 0.717) is 0 Å². The van der Waals surface area contributed by atoms with E-state index in [9.17, 15) is 0 Å². The molecule has 6 aromatic carbocycles. The van der Waals surface area contributed by atoms with E-state index in [0.717, 1.165) is 25.7 Å². The molecule has 0 fully saturated rings. The van der Waals surface area contributed by atoms with E-state index in [1.807, 2.05) is 12.2 Å². The SMILES string of the molecule is C=C/C=C\C(=C/C)CCc1ccc2c3cc(C4=CC(c5ccccc5C)=C(C)CC4)ccc3n(-c3ccccc3)c2c1.Cc1cccc2ccccc12. The quantitative estimate of drug-likeness (QED) is 0.140. The predicted octanol–water partition coefficient (Wildman–Crippen LogP) is 14.5. The van der Waals surface area contributed by atoms with Crippen molar-refractivity contribution in [3.63, 3.8) is 0 Å². The van der Waals surface area contributed by atoms with Gasteiger partial charge in [0.15, 0.2) is 0 Å². The third-order valence-electron chi connectivity index (χ3n) is 10.7. The molecule has 1 aromatic heterocycles. The number of rotatable bonds is 8. The van der Waals surface area contributed by atoms with Crippen LogP contribution < -0.4 is 0 Å². The summed E-state index contributed by atoms with van der Waals surface area (Å²) in [5.41, 5.74) is 16.0. The lowest BCUT2D eigenvalue weighted by Gasteiger charge is -2.20. The van der Waals surface area contributed by atoms with Gasteiger partial charge >= 0.3 is 0 Å². The fourth-order valence-corrected chi connectivity index (χ4v) is 7.71. The topological polar surface area (TPSA) is 4.93 Å². The van der Waals surface area contributed by atoms with Crippen LogP contribution in [0.4, 0.5) is 0 Å². The first-order valence-corrected chi connectivity index (χ1v) is 18.9. The summed E-state index contributed by atoms with van der Waals surface area (Å²) in [7, 11) is 0. The van der Waals surface area contributed by atoms with Gasteiger partial charge in [-0.05, 0) is 133 Å². The van der Waals surface area contributed by atoms with Crippen molar-refractivity contribution in [2.45, 2.75) is 53.4 Å². The Morgan fingerprint density at radius 1 is 0.679 bits per heavy atom. The molecule has 0 saturated heterocycles. The number of hydrogen-bond acceptors (Lipinski definition) is 0. The molecule has 0 amide bonds. The van der Waals surface area contributed by atoms with E-state index in [1.54, 1.807) is 0 Å². The average Bonchev–Trinajstić information content (AvgIpc) is 3.52. The highest BCUT2D eigenvalue weighted by Gasteiger charge is 2.18. The van der Waals surface area contributed by atoms with Gasteiger partial charge < -0.3 is 4.57 Å². The van der Waals surface area contributed by atoms with Gasteiger partial charge in [0.2, 0.25) is 0 Å². The summed E-state index contributed by atoms with van der Waals surface area (Å²) in [6.45, 7) is 12.6. The standard InChI is InChI=1S/C41H39N.C11H10/c1-5-7-14-31(6-2)19-20-32-21-24-37-39-28-34(23-25-40(39)42(41(37)26-32)35-15-9-8-10-16-35)33-22-18-30(4)38(27-33)36-17-12-11-13-29(36)3;1-9-5-4-7-10-6-2-3-8-11(9)10/h5-17,21,23-28H,1,18-20,22H2,2-4H3;2-8H,1H3/b14-7-,31-6+;. The Morgan fingerprint density at radius 2 is 1.43 bits per heavy atom. The number of fused-ring (bicyclic) bond motifs is 4. The van der Waals surface area contributed by atoms with Crippen LogP contribution in [-0.4, -0.2) is 4.57 Å². The third kappa shape index (κ3) is 7.66. The van der Waals surface area contributed by atoms with Gasteiger partial charge in [-0.1, -0.05) is 151 Å². The van der Waals surface area contributed by atoms with E-state index >= 15 is 0 Å². The maximum atomic E-state index is 3.82. The molecule has 0 radical (unpaired) electrons. The Kier molecular flexibility index (Phi) is 10.8. The summed E-state index contributed by atoms with van der Waals surface area (Å²) in [5, 5.41) is 5.30. The molecule has 0 atom stereocenters. The van der Waals surface area contributed by atoms with Crippen molar-refractivity contribution in [2.24, 2.45) is 0 Å². The van der Waals surface area contributed by atoms with Gasteiger partial charge in [0.05, 0.1) is 11.0 Å². The second-order valence-corrected chi connectivity index (χ2v) is 14.2. The van der Waals surface area contributed by atoms with E-state index < -0.39 is 0 Å². The lowest BCUT2D eigenvalue weighted by atomic mass is 9.85. The Hall–Kier alpha value is -5.92. The van der Waals surface area contributed by atoms with E-state index in [-0.39, 0.29) is 0 Å². The summed E-state index contributed by atoms with van der Waals surface area (Å²) < 4.78 is 2.43. The first-order chi connectivity index (χ1) is 25.9. The van der Waals surface area contributed by atoms with Crippen molar-refractivity contribution in [3.05, 3.63) is 209 Å². The smallest absolute Gasteiger partial charge is 0.0543 e. The van der Waals surface area contributed by atoms with Crippen molar-refractivity contribution in [2.75, 3.05) is 0 Å². The van der Waals surface area contributed by atoms with Gasteiger partial charge in [-0.25, -0.2) is 0 Å². The average molecular weight is 688 g/mol. The lowest BCUT2D eigenvalue weighted by molar-refractivity contribution is 0.963. The van der Waals surface area contributed by atoms with Crippen LogP contribution in [0.15, 0.2) is 182 Å². The molecule has 1 nitrogen and oxygen atoms in total. The molecule has 7 aromatic rings. The molecule has 0 bridgehead atoms. The Morgan fingerprint density at radius 3 is 2.23 bits per heavy atom. The molecule has 1 heterocycles. The molecule has 1 aliphatic carbocycles. The highest BCUT2D eigenvalue weighted by atomic mass is 15.0. The molecule has 0 unspecified atom stereocenters. The second kappa shape index (κ2) is 16.2. The van der Waals surface area contributed by atoms with Crippen molar-refractivity contribution < 1.29 is 0 Å². The fourth-order valence-electron chi connectivity index (χ4n) is 7.71. The number of aryl methyl sites for hydroxylation is 3. The number of nitrogens with zero attached hydrogens (tertiary/aromatic N) is 1. The first kappa shape index (κ1) is 35.5. The summed E-state index contributed by atoms with van der Waals surface area (Å²) in [6, 6.07) is 48.5. The number of aromatic nitrogens is 1. The Balaban J connectivity index is 0.000000336. The van der Waals surface area contributed by atoms with Crippen LogP contribution in [0.2, 0.25) is 0 Å². The van der Waals surface area contributed by atoms with Crippen molar-refractivity contribution in [1.29, 1.82) is 0 Å². The number of allylic oxidation sites excluding steroid dienone is 9. The minimum absolute atomic E-state index is 0.999. The Bertz CT molecular complexity index is 2540. The summed E-state index contributed by atoms with van der Waals surface area (Å²) in [5.74, 6) is 0.